The first-order chi connectivity index (χ1) is 11.5. The number of rotatable bonds is 7. The van der Waals surface area contributed by atoms with Crippen molar-refractivity contribution in [2.24, 2.45) is 0 Å². The lowest BCUT2D eigenvalue weighted by Crippen LogP contribution is -2.30. The minimum absolute atomic E-state index is 0.159. The van der Waals surface area contributed by atoms with Crippen molar-refractivity contribution in [3.63, 3.8) is 0 Å². The smallest absolute Gasteiger partial charge is 0.305 e. The number of carboxylic acids is 1. The summed E-state index contributed by atoms with van der Waals surface area (Å²) >= 11 is 0. The number of carbonyl (C=O) groups excluding carboxylic acids is 1. The van der Waals surface area contributed by atoms with Gasteiger partial charge in [-0.3, -0.25) is 9.59 Å². The number of carbonyl (C=O) groups is 2. The molecule has 0 saturated heterocycles. The maximum absolute atomic E-state index is 13.3. The number of nitrogens with one attached hydrogen (secondary N) is 1. The molecule has 0 saturated carbocycles. The summed E-state index contributed by atoms with van der Waals surface area (Å²) in [7, 11) is 0. The van der Waals surface area contributed by atoms with Crippen LogP contribution in [0.15, 0.2) is 54.6 Å². The van der Waals surface area contributed by atoms with Gasteiger partial charge in [0.05, 0.1) is 12.5 Å². The third-order valence-electron chi connectivity index (χ3n) is 3.83. The molecule has 2 rings (SSSR count). The fourth-order valence-electron chi connectivity index (χ4n) is 2.57. The van der Waals surface area contributed by atoms with Crippen molar-refractivity contribution in [1.82, 2.24) is 5.32 Å². The average molecular weight is 329 g/mol. The van der Waals surface area contributed by atoms with Crippen LogP contribution < -0.4 is 5.32 Å². The van der Waals surface area contributed by atoms with E-state index >= 15 is 0 Å². The average Bonchev–Trinajstić information content (AvgIpc) is 2.54. The lowest BCUT2D eigenvalue weighted by molar-refractivity contribution is -0.137. The van der Waals surface area contributed by atoms with E-state index in [1.165, 1.54) is 12.1 Å². The fraction of sp³-hybridized carbons (Fsp3) is 0.263. The van der Waals surface area contributed by atoms with Gasteiger partial charge in [-0.05, 0) is 29.2 Å². The lowest BCUT2D eigenvalue weighted by Gasteiger charge is -2.19. The molecule has 1 amide bonds. The fourth-order valence-corrected chi connectivity index (χ4v) is 2.57. The van der Waals surface area contributed by atoms with E-state index in [9.17, 15) is 14.0 Å². The van der Waals surface area contributed by atoms with Gasteiger partial charge in [-0.15, -0.1) is 0 Å². The van der Waals surface area contributed by atoms with Crippen molar-refractivity contribution in [1.29, 1.82) is 0 Å². The molecule has 0 aliphatic carbocycles. The summed E-state index contributed by atoms with van der Waals surface area (Å²) in [5, 5.41) is 11.8. The van der Waals surface area contributed by atoms with Gasteiger partial charge in [0.1, 0.15) is 5.82 Å². The maximum Gasteiger partial charge on any atom is 0.305 e. The predicted octanol–water partition coefficient (Wildman–Crippen LogP) is 3.65. The Morgan fingerprint density at radius 3 is 2.33 bits per heavy atom. The highest BCUT2D eigenvalue weighted by atomic mass is 19.1. The molecule has 2 N–H and O–H groups in total. The van der Waals surface area contributed by atoms with E-state index in [-0.39, 0.29) is 30.5 Å². The Labute approximate surface area is 140 Å². The molecule has 4 nitrogen and oxygen atoms in total. The van der Waals surface area contributed by atoms with Crippen LogP contribution in [0.25, 0.3) is 0 Å². The molecular weight excluding hydrogens is 309 g/mol. The van der Waals surface area contributed by atoms with E-state index in [0.717, 1.165) is 11.1 Å². The third-order valence-corrected chi connectivity index (χ3v) is 3.83. The summed E-state index contributed by atoms with van der Waals surface area (Å²) in [6, 6.07) is 14.5. The lowest BCUT2D eigenvalue weighted by atomic mass is 9.96. The monoisotopic (exact) mass is 329 g/mol. The molecule has 126 valence electrons. The topological polar surface area (TPSA) is 66.4 Å². The molecular formula is C19H20FNO3. The molecule has 2 aromatic rings. The van der Waals surface area contributed by atoms with Crippen molar-refractivity contribution in [3.05, 3.63) is 71.5 Å². The number of carboxylic acid groups (broad SMARTS) is 1. The molecule has 0 aromatic heterocycles. The Hall–Kier alpha value is -2.69. The Balaban J connectivity index is 2.03. The van der Waals surface area contributed by atoms with Gasteiger partial charge in [0, 0.05) is 6.42 Å². The van der Waals surface area contributed by atoms with Gasteiger partial charge in [-0.1, -0.05) is 49.4 Å². The normalized spacial score (nSPS) is 13.1. The number of benzene rings is 2. The first-order valence-electron chi connectivity index (χ1n) is 7.77. The van der Waals surface area contributed by atoms with E-state index in [2.05, 4.69) is 5.32 Å². The van der Waals surface area contributed by atoms with Gasteiger partial charge in [-0.25, -0.2) is 4.39 Å². The van der Waals surface area contributed by atoms with E-state index < -0.39 is 12.0 Å². The van der Waals surface area contributed by atoms with Crippen LogP contribution in [0.3, 0.4) is 0 Å². The zero-order valence-electron chi connectivity index (χ0n) is 13.4. The van der Waals surface area contributed by atoms with Crippen LogP contribution in [-0.2, 0) is 9.59 Å². The number of aliphatic carboxylic acids is 1. The van der Waals surface area contributed by atoms with Gasteiger partial charge >= 0.3 is 5.97 Å². The molecule has 2 unspecified atom stereocenters. The van der Waals surface area contributed by atoms with Crippen LogP contribution in [0, 0.1) is 5.82 Å². The highest BCUT2D eigenvalue weighted by molar-refractivity contribution is 5.78. The van der Waals surface area contributed by atoms with E-state index in [0.29, 0.717) is 0 Å². The van der Waals surface area contributed by atoms with Gasteiger partial charge < -0.3 is 10.4 Å². The van der Waals surface area contributed by atoms with Gasteiger partial charge in [0.25, 0.3) is 0 Å². The molecule has 0 bridgehead atoms. The minimum Gasteiger partial charge on any atom is -0.481 e. The highest BCUT2D eigenvalue weighted by Crippen LogP contribution is 2.21. The van der Waals surface area contributed by atoms with Gasteiger partial charge in [0.2, 0.25) is 5.91 Å². The Morgan fingerprint density at radius 2 is 1.71 bits per heavy atom. The molecule has 2 atom stereocenters. The van der Waals surface area contributed by atoms with Crippen LogP contribution in [0.5, 0.6) is 0 Å². The van der Waals surface area contributed by atoms with Crippen LogP contribution in [0.2, 0.25) is 0 Å². The van der Waals surface area contributed by atoms with Crippen LogP contribution in [-0.4, -0.2) is 17.0 Å². The van der Waals surface area contributed by atoms with E-state index in [1.54, 1.807) is 36.4 Å². The standard InChI is InChI=1S/C19H20FNO3/c1-13(15-8-5-9-16(20)11-15)10-18(22)21-17(12-19(23)24)14-6-3-2-4-7-14/h2-9,11,13,17H,10,12H2,1H3,(H,21,22)(H,23,24). The molecule has 0 heterocycles. The summed E-state index contributed by atoms with van der Waals surface area (Å²) in [5.41, 5.74) is 1.48. The Morgan fingerprint density at radius 1 is 1.04 bits per heavy atom. The van der Waals surface area contributed by atoms with Crippen LogP contribution in [0.4, 0.5) is 4.39 Å². The van der Waals surface area contributed by atoms with Crippen molar-refractivity contribution >= 4 is 11.9 Å². The highest BCUT2D eigenvalue weighted by Gasteiger charge is 2.19. The second kappa shape index (κ2) is 8.24. The van der Waals surface area contributed by atoms with E-state index in [1.807, 2.05) is 13.0 Å². The van der Waals surface area contributed by atoms with Crippen LogP contribution >= 0.6 is 0 Å². The Bertz CT molecular complexity index is 703. The quantitative estimate of drug-likeness (QED) is 0.815. The first kappa shape index (κ1) is 17.7. The zero-order chi connectivity index (χ0) is 17.5. The first-order valence-corrected chi connectivity index (χ1v) is 7.77. The molecule has 0 spiro atoms. The molecule has 24 heavy (non-hydrogen) atoms. The zero-order valence-corrected chi connectivity index (χ0v) is 13.4. The van der Waals surface area contributed by atoms with Crippen LogP contribution in [0.1, 0.15) is 42.9 Å². The molecule has 2 aromatic carbocycles. The number of hydrogen-bond acceptors (Lipinski definition) is 2. The van der Waals surface area contributed by atoms with Crippen molar-refractivity contribution in [2.45, 2.75) is 31.7 Å². The van der Waals surface area contributed by atoms with Crippen molar-refractivity contribution in [2.75, 3.05) is 0 Å². The predicted molar refractivity (Wildman–Crippen MR) is 89.0 cm³/mol. The summed E-state index contributed by atoms with van der Waals surface area (Å²) in [5.74, 6) is -1.75. The van der Waals surface area contributed by atoms with Gasteiger partial charge in [-0.2, -0.15) is 0 Å². The van der Waals surface area contributed by atoms with Crippen molar-refractivity contribution < 1.29 is 19.1 Å². The second-order valence-electron chi connectivity index (χ2n) is 5.79. The van der Waals surface area contributed by atoms with Gasteiger partial charge in [0.15, 0.2) is 0 Å². The number of amides is 1. The summed E-state index contributed by atoms with van der Waals surface area (Å²) in [6.45, 7) is 1.84. The molecule has 0 aliphatic heterocycles. The van der Waals surface area contributed by atoms with E-state index in [4.69, 9.17) is 5.11 Å². The summed E-state index contributed by atoms with van der Waals surface area (Å²) < 4.78 is 13.3. The largest absolute Gasteiger partial charge is 0.481 e. The molecule has 5 heteroatoms. The number of halogens is 1. The maximum atomic E-state index is 13.3. The third kappa shape index (κ3) is 5.19. The SMILES string of the molecule is CC(CC(=O)NC(CC(=O)O)c1ccccc1)c1cccc(F)c1. The molecule has 0 radical (unpaired) electrons. The molecule has 0 aliphatic rings. The Kier molecular flexibility index (Phi) is 6.07. The molecule has 0 fully saturated rings. The number of hydrogen-bond donors (Lipinski definition) is 2. The summed E-state index contributed by atoms with van der Waals surface area (Å²) in [6.07, 6.45) is -0.0312. The summed E-state index contributed by atoms with van der Waals surface area (Å²) in [4.78, 5) is 23.3. The second-order valence-corrected chi connectivity index (χ2v) is 5.79. The van der Waals surface area contributed by atoms with Crippen molar-refractivity contribution in [3.8, 4) is 0 Å². The minimum atomic E-state index is -0.984.